The molecule has 0 bridgehead atoms. The molecule has 0 aliphatic carbocycles. The molecular formula is C51H69F2N9O8Si. The molecule has 0 unspecified atom stereocenters. The first kappa shape index (κ1) is 52.7. The summed E-state index contributed by atoms with van der Waals surface area (Å²) in [6, 6.07) is 17.6. The molecule has 0 saturated carbocycles. The van der Waals surface area contributed by atoms with Crippen molar-refractivity contribution in [3.8, 4) is 11.4 Å². The Morgan fingerprint density at radius 2 is 1.54 bits per heavy atom. The van der Waals surface area contributed by atoms with Gasteiger partial charge in [0.15, 0.2) is 14.4 Å². The van der Waals surface area contributed by atoms with Crippen LogP contribution in [0.1, 0.15) is 79.8 Å². The van der Waals surface area contributed by atoms with Crippen LogP contribution in [0, 0.1) is 17.6 Å². The number of halogens is 2. The lowest BCUT2D eigenvalue weighted by Crippen LogP contribution is -2.51. The number of benzene rings is 3. The van der Waals surface area contributed by atoms with Crippen LogP contribution in [0.2, 0.25) is 18.1 Å². The van der Waals surface area contributed by atoms with E-state index in [1.807, 2.05) is 55.5 Å². The van der Waals surface area contributed by atoms with E-state index in [9.17, 15) is 18.8 Å². The Hall–Kier alpha value is -6.12. The average Bonchev–Trinajstić information content (AvgIpc) is 4.08. The SMILES string of the molecule is CC[C@@H]([C@H](C)OC(=O)[C@H](CO[Si](C)(C)C(C)(C)C)NC(=O)OC(C)(C)C)n1ncn(-c2ccc(N3CCN(c4ccc(OC[C@@H]5CO[C@@](Cn6cncn6)(c6ccc(F)cc6F)C5)cc4)CC3)cc2)c1=O. The number of carbonyl (C=O) groups is 2. The number of nitrogens with one attached hydrogen (secondary N) is 1. The van der Waals surface area contributed by atoms with Crippen molar-refractivity contribution < 1.29 is 41.7 Å². The van der Waals surface area contributed by atoms with Crippen molar-refractivity contribution in [3.05, 3.63) is 113 Å². The Labute approximate surface area is 415 Å². The molecule has 1 N–H and O–H groups in total. The Morgan fingerprint density at radius 3 is 2.11 bits per heavy atom. The molecule has 2 aliphatic heterocycles. The largest absolute Gasteiger partial charge is 0.493 e. The smallest absolute Gasteiger partial charge is 0.408 e. The van der Waals surface area contributed by atoms with Crippen LogP contribution in [-0.4, -0.2) is 113 Å². The molecule has 4 heterocycles. The lowest BCUT2D eigenvalue weighted by Gasteiger charge is -2.37. The van der Waals surface area contributed by atoms with Crippen LogP contribution in [0.25, 0.3) is 5.69 Å². The van der Waals surface area contributed by atoms with E-state index in [-0.39, 0.29) is 35.4 Å². The monoisotopic (exact) mass is 1000 g/mol. The van der Waals surface area contributed by atoms with Gasteiger partial charge in [0.05, 0.1) is 38.1 Å². The third-order valence-corrected chi connectivity index (χ3v) is 18.1. The predicted octanol–water partition coefficient (Wildman–Crippen LogP) is 8.04. The summed E-state index contributed by atoms with van der Waals surface area (Å²) in [4.78, 5) is 49.0. The Morgan fingerprint density at radius 1 is 0.901 bits per heavy atom. The van der Waals surface area contributed by atoms with Gasteiger partial charge < -0.3 is 38.5 Å². The molecule has 3 aromatic carbocycles. The van der Waals surface area contributed by atoms with Gasteiger partial charge >= 0.3 is 17.8 Å². The highest BCUT2D eigenvalue weighted by atomic mass is 28.4. The van der Waals surface area contributed by atoms with Crippen LogP contribution in [0.3, 0.4) is 0 Å². The van der Waals surface area contributed by atoms with Crippen molar-refractivity contribution in [1.82, 2.24) is 34.4 Å². The van der Waals surface area contributed by atoms with E-state index in [2.05, 4.69) is 64.2 Å². The van der Waals surface area contributed by atoms with E-state index in [0.29, 0.717) is 37.5 Å². The number of ether oxygens (including phenoxy) is 4. The number of anilines is 2. The van der Waals surface area contributed by atoms with Crippen LogP contribution in [0.5, 0.6) is 5.75 Å². The van der Waals surface area contributed by atoms with Gasteiger partial charge in [-0.2, -0.15) is 10.2 Å². The van der Waals surface area contributed by atoms with Gasteiger partial charge in [-0.1, -0.05) is 33.8 Å². The highest BCUT2D eigenvalue weighted by molar-refractivity contribution is 6.74. The standard InChI is InChI=1S/C51H69F2N9O8Si/c1-11-45(35(2)69-46(63)44(57-47(64)70-49(3,4)5)30-68-71(9,10)50(6,7)8)62-48(65)61(34-56-62)40-15-13-38(14-16-40)58-22-24-59(25-23-58)39-17-19-41(20-18-39)66-28-36-27-51(67-29-36,31-60-33-54-32-55-60)42-21-12-37(52)26-43(42)53/h12-21,26,32-36,44-45H,11,22-25,27-31H2,1-10H3,(H,57,64)/t35-,36+,44-,45-,51-/m0/s1. The van der Waals surface area contributed by atoms with Crippen molar-refractivity contribution in [1.29, 1.82) is 0 Å². The number of alkyl carbamates (subject to hydrolysis) is 1. The fraction of sp³-hybridized carbons (Fsp3) is 0.529. The van der Waals surface area contributed by atoms with Gasteiger partial charge in [0, 0.05) is 55.1 Å². The summed E-state index contributed by atoms with van der Waals surface area (Å²) in [6.07, 6.45) is 3.78. The number of nitrogens with zero attached hydrogens (tertiary/aromatic N) is 8. The van der Waals surface area contributed by atoms with Crippen LogP contribution in [0.4, 0.5) is 25.0 Å². The Kier molecular flexibility index (Phi) is 16.1. The lowest BCUT2D eigenvalue weighted by molar-refractivity contribution is -0.154. The van der Waals surface area contributed by atoms with Gasteiger partial charge in [-0.3, -0.25) is 0 Å². The quantitative estimate of drug-likeness (QED) is 0.0662. The molecule has 2 saturated heterocycles. The molecule has 384 valence electrons. The van der Waals surface area contributed by atoms with Crippen molar-refractivity contribution in [2.75, 3.05) is 55.8 Å². The van der Waals surface area contributed by atoms with Gasteiger partial charge in [0.25, 0.3) is 0 Å². The van der Waals surface area contributed by atoms with E-state index in [1.165, 1.54) is 34.0 Å². The molecule has 2 aromatic heterocycles. The maximum absolute atomic E-state index is 15.1. The maximum Gasteiger partial charge on any atom is 0.408 e. The van der Waals surface area contributed by atoms with E-state index in [4.69, 9.17) is 23.4 Å². The Bertz CT molecular complexity index is 2630. The molecule has 7 rings (SSSR count). The highest BCUT2D eigenvalue weighted by Gasteiger charge is 2.45. The number of aromatic nitrogens is 6. The summed E-state index contributed by atoms with van der Waals surface area (Å²) >= 11 is 0. The minimum Gasteiger partial charge on any atom is -0.493 e. The third-order valence-electron chi connectivity index (χ3n) is 13.6. The summed E-state index contributed by atoms with van der Waals surface area (Å²) in [5, 5.41) is 11.2. The molecule has 0 spiro atoms. The summed E-state index contributed by atoms with van der Waals surface area (Å²) < 4.78 is 63.5. The van der Waals surface area contributed by atoms with Crippen LogP contribution < -0.4 is 25.5 Å². The Balaban J connectivity index is 0.913. The molecule has 5 atom stereocenters. The zero-order chi connectivity index (χ0) is 51.3. The fourth-order valence-electron chi connectivity index (χ4n) is 8.70. The molecule has 17 nitrogen and oxygen atoms in total. The zero-order valence-electron chi connectivity index (χ0n) is 42.6. The number of amides is 1. The lowest BCUT2D eigenvalue weighted by atomic mass is 9.87. The first-order valence-corrected chi connectivity index (χ1v) is 27.2. The first-order valence-electron chi connectivity index (χ1n) is 24.3. The second-order valence-corrected chi connectivity index (χ2v) is 25.8. The van der Waals surface area contributed by atoms with E-state index in [1.54, 1.807) is 38.7 Å². The minimum absolute atomic E-state index is 0.0415. The van der Waals surface area contributed by atoms with Crippen molar-refractivity contribution in [2.45, 2.75) is 122 Å². The second kappa shape index (κ2) is 21.7. The molecule has 20 heteroatoms. The van der Waals surface area contributed by atoms with Gasteiger partial charge in [-0.05, 0) is 113 Å². The highest BCUT2D eigenvalue weighted by Crippen LogP contribution is 2.42. The van der Waals surface area contributed by atoms with E-state index in [0.717, 1.165) is 43.6 Å². The zero-order valence-corrected chi connectivity index (χ0v) is 43.6. The van der Waals surface area contributed by atoms with Crippen molar-refractivity contribution in [2.24, 2.45) is 5.92 Å². The summed E-state index contributed by atoms with van der Waals surface area (Å²) in [7, 11) is -2.31. The van der Waals surface area contributed by atoms with E-state index >= 15 is 4.39 Å². The molecule has 2 fully saturated rings. The van der Waals surface area contributed by atoms with E-state index < -0.39 is 61.4 Å². The van der Waals surface area contributed by atoms with Gasteiger partial charge in [0.2, 0.25) is 0 Å². The molecular weight excluding hydrogens is 933 g/mol. The van der Waals surface area contributed by atoms with Gasteiger partial charge in [0.1, 0.15) is 53.7 Å². The fourth-order valence-corrected chi connectivity index (χ4v) is 9.71. The second-order valence-electron chi connectivity index (χ2n) is 21.0. The third kappa shape index (κ3) is 12.9. The number of carbonyl (C=O) groups excluding carboxylic acids is 2. The number of esters is 1. The summed E-state index contributed by atoms with van der Waals surface area (Å²) in [5.74, 6) is -1.34. The van der Waals surface area contributed by atoms with Crippen LogP contribution >= 0.6 is 0 Å². The van der Waals surface area contributed by atoms with Gasteiger partial charge in [-0.25, -0.2) is 42.1 Å². The first-order chi connectivity index (χ1) is 33.5. The maximum atomic E-state index is 15.1. The minimum atomic E-state index is -2.31. The molecule has 5 aromatic rings. The average molecular weight is 1000 g/mol. The van der Waals surface area contributed by atoms with Gasteiger partial charge in [-0.15, -0.1) is 0 Å². The molecule has 71 heavy (non-hydrogen) atoms. The van der Waals surface area contributed by atoms with Crippen LogP contribution in [-0.2, 0) is 35.6 Å². The molecule has 1 amide bonds. The molecule has 0 radical (unpaired) electrons. The molecule has 2 aliphatic rings. The van der Waals surface area contributed by atoms with Crippen molar-refractivity contribution in [3.63, 3.8) is 0 Å². The predicted molar refractivity (Wildman–Crippen MR) is 267 cm³/mol. The van der Waals surface area contributed by atoms with Crippen LogP contribution in [0.15, 0.2) is 90.5 Å². The number of hydrogen-bond donors (Lipinski definition) is 1. The normalized spacial score (nSPS) is 19.0. The summed E-state index contributed by atoms with van der Waals surface area (Å²) in [6.45, 7) is 23.2. The van der Waals surface area contributed by atoms with Crippen molar-refractivity contribution >= 4 is 31.8 Å². The summed E-state index contributed by atoms with van der Waals surface area (Å²) in [5.41, 5.74) is 0.820. The topological polar surface area (TPSA) is 169 Å². The number of hydrogen-bond acceptors (Lipinski definition) is 13. The number of piperazine rings is 1. The number of rotatable bonds is 18.